The highest BCUT2D eigenvalue weighted by Crippen LogP contribution is 2.48. The van der Waals surface area contributed by atoms with E-state index in [2.05, 4.69) is 23.1 Å². The predicted molar refractivity (Wildman–Crippen MR) is 88.9 cm³/mol. The van der Waals surface area contributed by atoms with E-state index in [1.165, 1.54) is 64.5 Å². The van der Waals surface area contributed by atoms with Crippen molar-refractivity contribution in [2.75, 3.05) is 13.1 Å². The summed E-state index contributed by atoms with van der Waals surface area (Å²) in [4.78, 5) is 2.80. The molecule has 1 saturated heterocycles. The number of fused-ring (bicyclic) bond motifs is 5. The fourth-order valence-electron chi connectivity index (χ4n) is 4.97. The summed E-state index contributed by atoms with van der Waals surface area (Å²) < 4.78 is 0. The maximum Gasteiger partial charge on any atom is 0.0409 e. The Morgan fingerprint density at radius 2 is 1.86 bits per heavy atom. The highest BCUT2D eigenvalue weighted by molar-refractivity contribution is 6.30. The first kappa shape index (κ1) is 14.1. The number of nitrogens with zero attached hydrogens (tertiary/aromatic N) is 1. The van der Waals surface area contributed by atoms with Crippen molar-refractivity contribution in [1.29, 1.82) is 0 Å². The second-order valence-corrected chi connectivity index (χ2v) is 7.80. The number of likely N-dealkylation sites (tertiary alicyclic amines) is 1. The van der Waals surface area contributed by atoms with Gasteiger partial charge in [-0.1, -0.05) is 36.9 Å². The lowest BCUT2D eigenvalue weighted by atomic mass is 9.88. The van der Waals surface area contributed by atoms with Crippen LogP contribution in [0.5, 0.6) is 0 Å². The maximum atomic E-state index is 6.28. The van der Waals surface area contributed by atoms with Crippen molar-refractivity contribution >= 4 is 11.6 Å². The minimum Gasteiger partial charge on any atom is -0.296 e. The van der Waals surface area contributed by atoms with Gasteiger partial charge in [-0.15, -0.1) is 0 Å². The van der Waals surface area contributed by atoms with E-state index in [0.717, 1.165) is 16.9 Å². The molecule has 0 N–H and O–H groups in total. The Kier molecular flexibility index (Phi) is 3.98. The van der Waals surface area contributed by atoms with Crippen molar-refractivity contribution < 1.29 is 0 Å². The van der Waals surface area contributed by atoms with E-state index in [4.69, 9.17) is 11.6 Å². The molecule has 21 heavy (non-hydrogen) atoms. The molecule has 1 aromatic rings. The van der Waals surface area contributed by atoms with E-state index in [1.807, 2.05) is 0 Å². The zero-order chi connectivity index (χ0) is 14.2. The standard InChI is InChI=1S/C19H26ClN/c20-16-8-9-17-15-7-4-10-21(19(11-15)18(17)12-16)13-14-5-2-1-3-6-14/h8-9,12,14-15,19H,1-7,10-11,13H2/t15-,19+/m0/s1. The third-order valence-corrected chi connectivity index (χ3v) is 6.25. The predicted octanol–water partition coefficient (Wildman–Crippen LogP) is 5.54. The quantitative estimate of drug-likeness (QED) is 0.693. The Balaban J connectivity index is 1.57. The van der Waals surface area contributed by atoms with Crippen LogP contribution in [0.3, 0.4) is 0 Å². The van der Waals surface area contributed by atoms with Crippen LogP contribution in [0.25, 0.3) is 0 Å². The molecule has 0 amide bonds. The molecule has 0 aromatic heterocycles. The molecule has 0 spiro atoms. The molecule has 0 unspecified atom stereocenters. The minimum atomic E-state index is 0.646. The molecule has 1 heterocycles. The molecule has 2 bridgehead atoms. The van der Waals surface area contributed by atoms with E-state index < -0.39 is 0 Å². The fourth-order valence-corrected chi connectivity index (χ4v) is 5.15. The Hall–Kier alpha value is -0.530. The topological polar surface area (TPSA) is 3.24 Å². The van der Waals surface area contributed by atoms with Crippen LogP contribution in [0.1, 0.15) is 74.5 Å². The summed E-state index contributed by atoms with van der Waals surface area (Å²) in [5.41, 5.74) is 3.14. The zero-order valence-electron chi connectivity index (χ0n) is 12.9. The summed E-state index contributed by atoms with van der Waals surface area (Å²) in [5, 5.41) is 0.914. The Bertz CT molecular complexity index is 506. The number of rotatable bonds is 2. The number of halogens is 1. The molecule has 2 heteroatoms. The van der Waals surface area contributed by atoms with Crippen LogP contribution in [0.2, 0.25) is 5.02 Å². The van der Waals surface area contributed by atoms with Crippen molar-refractivity contribution in [1.82, 2.24) is 4.90 Å². The smallest absolute Gasteiger partial charge is 0.0409 e. The van der Waals surface area contributed by atoms with Crippen LogP contribution in [0.4, 0.5) is 0 Å². The molecular weight excluding hydrogens is 278 g/mol. The van der Waals surface area contributed by atoms with Crippen LogP contribution >= 0.6 is 11.6 Å². The highest BCUT2D eigenvalue weighted by atomic mass is 35.5. The van der Waals surface area contributed by atoms with E-state index >= 15 is 0 Å². The van der Waals surface area contributed by atoms with E-state index in [9.17, 15) is 0 Å². The number of hydrogen-bond acceptors (Lipinski definition) is 1. The Morgan fingerprint density at radius 1 is 1.00 bits per heavy atom. The third-order valence-electron chi connectivity index (χ3n) is 6.01. The molecule has 4 rings (SSSR count). The van der Waals surface area contributed by atoms with Crippen molar-refractivity contribution in [3.63, 3.8) is 0 Å². The first-order valence-corrected chi connectivity index (χ1v) is 9.22. The number of benzene rings is 1. The monoisotopic (exact) mass is 303 g/mol. The van der Waals surface area contributed by atoms with Crippen LogP contribution in [0, 0.1) is 5.92 Å². The van der Waals surface area contributed by atoms with Crippen molar-refractivity contribution in [2.24, 2.45) is 5.92 Å². The van der Waals surface area contributed by atoms with E-state index in [1.54, 1.807) is 11.1 Å². The Labute approximate surface area is 133 Å². The van der Waals surface area contributed by atoms with E-state index in [0.29, 0.717) is 6.04 Å². The van der Waals surface area contributed by atoms with Gasteiger partial charge in [-0.3, -0.25) is 4.90 Å². The highest BCUT2D eigenvalue weighted by Gasteiger charge is 2.37. The maximum absolute atomic E-state index is 6.28. The van der Waals surface area contributed by atoms with Crippen LogP contribution < -0.4 is 0 Å². The zero-order valence-corrected chi connectivity index (χ0v) is 13.6. The van der Waals surface area contributed by atoms with E-state index in [-0.39, 0.29) is 0 Å². The lowest BCUT2D eigenvalue weighted by molar-refractivity contribution is 0.154. The average molecular weight is 304 g/mol. The van der Waals surface area contributed by atoms with Crippen LogP contribution in [0.15, 0.2) is 18.2 Å². The molecule has 1 nitrogen and oxygen atoms in total. The summed E-state index contributed by atoms with van der Waals surface area (Å²) in [5.74, 6) is 1.73. The molecule has 2 aliphatic carbocycles. The normalized spacial score (nSPS) is 30.1. The minimum absolute atomic E-state index is 0.646. The van der Waals surface area contributed by atoms with Gasteiger partial charge in [-0.05, 0) is 73.7 Å². The van der Waals surface area contributed by atoms with Gasteiger partial charge >= 0.3 is 0 Å². The average Bonchev–Trinajstić information content (AvgIpc) is 2.71. The van der Waals surface area contributed by atoms with Crippen molar-refractivity contribution in [3.05, 3.63) is 34.3 Å². The van der Waals surface area contributed by atoms with Gasteiger partial charge in [0.25, 0.3) is 0 Å². The lowest BCUT2D eigenvalue weighted by Crippen LogP contribution is -2.33. The molecule has 1 aliphatic heterocycles. The molecule has 1 saturated carbocycles. The van der Waals surface area contributed by atoms with Gasteiger partial charge in [0.1, 0.15) is 0 Å². The van der Waals surface area contributed by atoms with Crippen LogP contribution in [-0.4, -0.2) is 18.0 Å². The molecule has 1 aromatic carbocycles. The molecule has 2 atom stereocenters. The summed E-state index contributed by atoms with van der Waals surface area (Å²) >= 11 is 6.28. The molecule has 0 radical (unpaired) electrons. The van der Waals surface area contributed by atoms with Gasteiger partial charge in [0.15, 0.2) is 0 Å². The largest absolute Gasteiger partial charge is 0.296 e. The number of hydrogen-bond donors (Lipinski definition) is 0. The summed E-state index contributed by atoms with van der Waals surface area (Å²) in [6, 6.07) is 7.28. The van der Waals surface area contributed by atoms with Gasteiger partial charge in [-0.2, -0.15) is 0 Å². The molecule has 3 aliphatic rings. The first-order chi connectivity index (χ1) is 10.3. The summed E-state index contributed by atoms with van der Waals surface area (Å²) in [6.07, 6.45) is 11.3. The first-order valence-electron chi connectivity index (χ1n) is 8.84. The second-order valence-electron chi connectivity index (χ2n) is 7.36. The van der Waals surface area contributed by atoms with Gasteiger partial charge in [-0.25, -0.2) is 0 Å². The lowest BCUT2D eigenvalue weighted by Gasteiger charge is -2.34. The third kappa shape index (κ3) is 2.75. The summed E-state index contributed by atoms with van der Waals surface area (Å²) in [7, 11) is 0. The van der Waals surface area contributed by atoms with Gasteiger partial charge in [0, 0.05) is 17.6 Å². The molecule has 114 valence electrons. The molecular formula is C19H26ClN. The summed E-state index contributed by atoms with van der Waals surface area (Å²) in [6.45, 7) is 2.62. The van der Waals surface area contributed by atoms with Gasteiger partial charge < -0.3 is 0 Å². The van der Waals surface area contributed by atoms with Crippen molar-refractivity contribution in [3.8, 4) is 0 Å². The van der Waals surface area contributed by atoms with Crippen molar-refractivity contribution in [2.45, 2.75) is 63.3 Å². The Morgan fingerprint density at radius 3 is 2.71 bits per heavy atom. The second kappa shape index (κ2) is 5.93. The fraction of sp³-hybridized carbons (Fsp3) is 0.684. The van der Waals surface area contributed by atoms with Crippen LogP contribution in [-0.2, 0) is 0 Å². The van der Waals surface area contributed by atoms with Gasteiger partial charge in [0.05, 0.1) is 0 Å². The SMILES string of the molecule is Clc1ccc2c(c1)[C@H]1C[C@@H]2CCCN1CC1CCCCC1. The van der Waals surface area contributed by atoms with Gasteiger partial charge in [0.2, 0.25) is 0 Å². The molecule has 2 fully saturated rings.